The van der Waals surface area contributed by atoms with Gasteiger partial charge in [0.2, 0.25) is 0 Å². The summed E-state index contributed by atoms with van der Waals surface area (Å²) in [5, 5.41) is 0. The molecule has 0 saturated heterocycles. The maximum absolute atomic E-state index is 10.5. The number of carbonyl (C=O) groups is 1. The van der Waals surface area contributed by atoms with Crippen LogP contribution in [0.25, 0.3) is 0 Å². The standard InChI is InChI=1S/C5H11O4P/c1-3-4-5(6)9-10(7)8-2/h10H,3-4H2,1-2H3. The Kier molecular flexibility index (Phi) is 5.26. The molecule has 0 aromatic rings. The molecule has 0 aliphatic rings. The van der Waals surface area contributed by atoms with E-state index >= 15 is 0 Å². The van der Waals surface area contributed by atoms with Gasteiger partial charge in [0.05, 0.1) is 0 Å². The van der Waals surface area contributed by atoms with Gasteiger partial charge in [0, 0.05) is 13.5 Å². The first kappa shape index (κ1) is 9.66. The van der Waals surface area contributed by atoms with E-state index in [0.29, 0.717) is 12.8 Å². The minimum atomic E-state index is -2.55. The zero-order valence-corrected chi connectivity index (χ0v) is 7.05. The van der Waals surface area contributed by atoms with E-state index in [0.717, 1.165) is 0 Å². The Hall–Kier alpha value is -0.340. The van der Waals surface area contributed by atoms with Crippen LogP contribution in [0.1, 0.15) is 19.8 Å². The number of rotatable bonds is 4. The van der Waals surface area contributed by atoms with Crippen molar-refractivity contribution >= 4 is 14.2 Å². The first-order valence-electron chi connectivity index (χ1n) is 2.99. The van der Waals surface area contributed by atoms with Crippen LogP contribution in [-0.4, -0.2) is 13.1 Å². The Bertz CT molecular complexity index is 134. The van der Waals surface area contributed by atoms with Gasteiger partial charge in [-0.05, 0) is 6.42 Å². The number of hydrogen-bond donors (Lipinski definition) is 0. The van der Waals surface area contributed by atoms with Crippen LogP contribution < -0.4 is 0 Å². The fourth-order valence-electron chi connectivity index (χ4n) is 0.390. The molecule has 0 bridgehead atoms. The van der Waals surface area contributed by atoms with Gasteiger partial charge in [0.1, 0.15) is 0 Å². The molecule has 0 aliphatic heterocycles. The third kappa shape index (κ3) is 4.53. The minimum Gasteiger partial charge on any atom is -0.394 e. The molecular formula is C5H11O4P. The molecule has 60 valence electrons. The molecule has 0 saturated carbocycles. The van der Waals surface area contributed by atoms with Crippen molar-refractivity contribution in [2.75, 3.05) is 7.11 Å². The van der Waals surface area contributed by atoms with Crippen molar-refractivity contribution in [3.05, 3.63) is 0 Å². The summed E-state index contributed by atoms with van der Waals surface area (Å²) in [6.45, 7) is 1.84. The summed E-state index contributed by atoms with van der Waals surface area (Å²) in [5.74, 6) is -0.465. The molecule has 1 unspecified atom stereocenters. The number of hydrogen-bond acceptors (Lipinski definition) is 4. The molecule has 0 rings (SSSR count). The summed E-state index contributed by atoms with van der Waals surface area (Å²) in [4.78, 5) is 10.5. The lowest BCUT2D eigenvalue weighted by Gasteiger charge is -1.99. The van der Waals surface area contributed by atoms with Crippen LogP contribution in [0.4, 0.5) is 0 Å². The van der Waals surface area contributed by atoms with Gasteiger partial charge < -0.3 is 9.05 Å². The quantitative estimate of drug-likeness (QED) is 0.592. The van der Waals surface area contributed by atoms with E-state index in [1.807, 2.05) is 6.92 Å². The van der Waals surface area contributed by atoms with Crippen LogP contribution in [0.5, 0.6) is 0 Å². The van der Waals surface area contributed by atoms with Crippen molar-refractivity contribution in [2.24, 2.45) is 0 Å². The van der Waals surface area contributed by atoms with E-state index < -0.39 is 14.2 Å². The molecule has 1 atom stereocenters. The monoisotopic (exact) mass is 166 g/mol. The van der Waals surface area contributed by atoms with Crippen LogP contribution in [0.15, 0.2) is 0 Å². The lowest BCUT2D eigenvalue weighted by molar-refractivity contribution is -0.134. The van der Waals surface area contributed by atoms with Crippen molar-refractivity contribution in [3.63, 3.8) is 0 Å². The Labute approximate surface area is 60.5 Å². The summed E-state index contributed by atoms with van der Waals surface area (Å²) < 4.78 is 19.0. The minimum absolute atomic E-state index is 0.291. The van der Waals surface area contributed by atoms with E-state index in [1.165, 1.54) is 7.11 Å². The van der Waals surface area contributed by atoms with Gasteiger partial charge in [-0.2, -0.15) is 0 Å². The Morgan fingerprint density at radius 3 is 2.60 bits per heavy atom. The van der Waals surface area contributed by atoms with Crippen LogP contribution >= 0.6 is 8.25 Å². The van der Waals surface area contributed by atoms with Gasteiger partial charge >= 0.3 is 14.2 Å². The van der Waals surface area contributed by atoms with Crippen LogP contribution in [-0.2, 0) is 18.4 Å². The third-order valence-corrected chi connectivity index (χ3v) is 1.55. The summed E-state index contributed by atoms with van der Waals surface area (Å²) in [6.07, 6.45) is 0.984. The van der Waals surface area contributed by atoms with Gasteiger partial charge in [0.15, 0.2) is 0 Å². The van der Waals surface area contributed by atoms with Crippen molar-refractivity contribution in [1.82, 2.24) is 0 Å². The van der Waals surface area contributed by atoms with Crippen molar-refractivity contribution in [1.29, 1.82) is 0 Å². The Morgan fingerprint density at radius 1 is 1.60 bits per heavy atom. The van der Waals surface area contributed by atoms with Crippen LogP contribution in [0.3, 0.4) is 0 Å². The zero-order valence-electron chi connectivity index (χ0n) is 6.05. The molecule has 4 nitrogen and oxygen atoms in total. The number of carbonyl (C=O) groups excluding carboxylic acids is 1. The first-order chi connectivity index (χ1) is 4.70. The average Bonchev–Trinajstić information content (AvgIpc) is 1.88. The second-order valence-electron chi connectivity index (χ2n) is 1.68. The zero-order chi connectivity index (χ0) is 7.98. The van der Waals surface area contributed by atoms with E-state index in [2.05, 4.69) is 9.05 Å². The third-order valence-electron chi connectivity index (χ3n) is 0.818. The maximum Gasteiger partial charge on any atom is 0.369 e. The molecule has 0 aromatic heterocycles. The van der Waals surface area contributed by atoms with Gasteiger partial charge in [-0.25, -0.2) is 4.57 Å². The lowest BCUT2D eigenvalue weighted by Crippen LogP contribution is -1.96. The molecule has 0 radical (unpaired) electrons. The smallest absolute Gasteiger partial charge is 0.369 e. The van der Waals surface area contributed by atoms with Crippen LogP contribution in [0.2, 0.25) is 0 Å². The molecule has 10 heavy (non-hydrogen) atoms. The Balaban J connectivity index is 3.47. The lowest BCUT2D eigenvalue weighted by atomic mass is 10.4. The maximum atomic E-state index is 10.5. The van der Waals surface area contributed by atoms with E-state index in [4.69, 9.17) is 0 Å². The second kappa shape index (κ2) is 5.45. The van der Waals surface area contributed by atoms with E-state index in [-0.39, 0.29) is 0 Å². The molecule has 0 aliphatic carbocycles. The fourth-order valence-corrected chi connectivity index (χ4v) is 0.761. The molecule has 0 fully saturated rings. The fraction of sp³-hybridized carbons (Fsp3) is 0.800. The normalized spacial score (nSPS) is 12.6. The van der Waals surface area contributed by atoms with Crippen molar-refractivity contribution in [2.45, 2.75) is 19.8 Å². The SMILES string of the molecule is CCCC(=O)O[PH](=O)OC. The highest BCUT2D eigenvalue weighted by molar-refractivity contribution is 7.34. The topological polar surface area (TPSA) is 52.6 Å². The van der Waals surface area contributed by atoms with Crippen LogP contribution in [0, 0.1) is 0 Å². The predicted octanol–water partition coefficient (Wildman–Crippen LogP) is 1.37. The first-order valence-corrected chi connectivity index (χ1v) is 4.21. The van der Waals surface area contributed by atoms with Crippen molar-refractivity contribution < 1.29 is 18.4 Å². The highest BCUT2D eigenvalue weighted by Crippen LogP contribution is 2.22. The molecular weight excluding hydrogens is 155 g/mol. The van der Waals surface area contributed by atoms with E-state index in [9.17, 15) is 9.36 Å². The molecule has 0 heterocycles. The highest BCUT2D eigenvalue weighted by atomic mass is 31.1. The van der Waals surface area contributed by atoms with Gasteiger partial charge in [-0.1, -0.05) is 6.92 Å². The summed E-state index contributed by atoms with van der Waals surface area (Å²) >= 11 is 0. The molecule has 0 amide bonds. The molecule has 0 spiro atoms. The molecule has 0 N–H and O–H groups in total. The highest BCUT2D eigenvalue weighted by Gasteiger charge is 2.04. The van der Waals surface area contributed by atoms with E-state index in [1.54, 1.807) is 0 Å². The predicted molar refractivity (Wildman–Crippen MR) is 37.0 cm³/mol. The summed E-state index contributed by atoms with van der Waals surface area (Å²) in [5.41, 5.74) is 0. The molecule has 0 aromatic carbocycles. The van der Waals surface area contributed by atoms with Gasteiger partial charge in [0.25, 0.3) is 0 Å². The second-order valence-corrected chi connectivity index (χ2v) is 2.79. The summed E-state index contributed by atoms with van der Waals surface area (Å²) in [6, 6.07) is 0. The van der Waals surface area contributed by atoms with Gasteiger partial charge in [-0.3, -0.25) is 4.79 Å². The molecule has 5 heteroatoms. The largest absolute Gasteiger partial charge is 0.394 e. The van der Waals surface area contributed by atoms with Gasteiger partial charge in [-0.15, -0.1) is 0 Å². The van der Waals surface area contributed by atoms with Crippen molar-refractivity contribution in [3.8, 4) is 0 Å². The average molecular weight is 166 g/mol. The Morgan fingerprint density at radius 2 is 2.20 bits per heavy atom. The summed E-state index contributed by atoms with van der Waals surface area (Å²) in [7, 11) is -1.31.